The molecule has 0 saturated heterocycles. The van der Waals surface area contributed by atoms with Gasteiger partial charge in [-0.15, -0.1) is 0 Å². The van der Waals surface area contributed by atoms with Crippen molar-refractivity contribution in [2.45, 2.75) is 0 Å². The zero-order valence-corrected chi connectivity index (χ0v) is 20.1. The van der Waals surface area contributed by atoms with Gasteiger partial charge in [-0.3, -0.25) is 14.9 Å². The average molecular weight is 494 g/mol. The van der Waals surface area contributed by atoms with Gasteiger partial charge in [0.2, 0.25) is 0 Å². The Labute approximate surface area is 209 Å². The van der Waals surface area contributed by atoms with Gasteiger partial charge in [0.05, 0.1) is 6.61 Å². The fraction of sp³-hybridized carbons (Fsp3) is 0.192. The summed E-state index contributed by atoms with van der Waals surface area (Å²) < 4.78 is 16.2. The Hall–Kier alpha value is -3.95. The van der Waals surface area contributed by atoms with Gasteiger partial charge in [-0.25, -0.2) is 0 Å². The molecular formula is C26H27N3O5S. The maximum absolute atomic E-state index is 12.5. The Kier molecular flexibility index (Phi) is 10.0. The third-order valence-corrected chi connectivity index (χ3v) is 4.89. The zero-order chi connectivity index (χ0) is 24.9. The number of hydrogen-bond donors (Lipinski definition) is 3. The molecule has 0 spiro atoms. The van der Waals surface area contributed by atoms with E-state index in [0.717, 1.165) is 5.75 Å². The van der Waals surface area contributed by atoms with Crippen LogP contribution >= 0.6 is 12.2 Å². The van der Waals surface area contributed by atoms with Crippen LogP contribution in [0.2, 0.25) is 0 Å². The van der Waals surface area contributed by atoms with E-state index in [0.29, 0.717) is 48.9 Å². The SMILES string of the molecule is COCCNC(=O)c1cccc(NC(=S)NC(=O)c2ccc(OCCOc3ccccc3)cc2)c1. The highest BCUT2D eigenvalue weighted by molar-refractivity contribution is 7.80. The molecule has 0 fully saturated rings. The van der Waals surface area contributed by atoms with Crippen LogP contribution in [0.5, 0.6) is 11.5 Å². The molecule has 0 radical (unpaired) electrons. The molecule has 182 valence electrons. The molecule has 0 saturated carbocycles. The molecule has 0 aliphatic rings. The second kappa shape index (κ2) is 13.7. The Morgan fingerprint density at radius 1 is 0.771 bits per heavy atom. The van der Waals surface area contributed by atoms with Crippen molar-refractivity contribution in [1.29, 1.82) is 0 Å². The minimum absolute atomic E-state index is 0.116. The van der Waals surface area contributed by atoms with Crippen LogP contribution in [-0.2, 0) is 4.74 Å². The Balaban J connectivity index is 1.44. The molecule has 0 atom stereocenters. The highest BCUT2D eigenvalue weighted by Gasteiger charge is 2.10. The summed E-state index contributed by atoms with van der Waals surface area (Å²) in [6, 6.07) is 23.0. The van der Waals surface area contributed by atoms with E-state index in [1.54, 1.807) is 55.6 Å². The number of benzene rings is 3. The number of anilines is 1. The molecular weight excluding hydrogens is 466 g/mol. The maximum Gasteiger partial charge on any atom is 0.257 e. The summed E-state index contributed by atoms with van der Waals surface area (Å²) in [5.74, 6) is 0.814. The lowest BCUT2D eigenvalue weighted by Crippen LogP contribution is -2.34. The van der Waals surface area contributed by atoms with E-state index < -0.39 is 0 Å². The van der Waals surface area contributed by atoms with Gasteiger partial charge in [-0.05, 0) is 66.8 Å². The second-order valence-electron chi connectivity index (χ2n) is 7.27. The topological polar surface area (TPSA) is 97.9 Å². The smallest absolute Gasteiger partial charge is 0.257 e. The van der Waals surface area contributed by atoms with E-state index in [1.807, 2.05) is 30.3 Å². The Morgan fingerprint density at radius 2 is 1.46 bits per heavy atom. The third-order valence-electron chi connectivity index (χ3n) is 4.68. The number of para-hydroxylation sites is 1. The summed E-state index contributed by atoms with van der Waals surface area (Å²) in [4.78, 5) is 24.7. The molecule has 3 rings (SSSR count). The molecule has 0 aliphatic carbocycles. The Morgan fingerprint density at radius 3 is 2.14 bits per heavy atom. The van der Waals surface area contributed by atoms with E-state index in [9.17, 15) is 9.59 Å². The molecule has 3 aromatic carbocycles. The largest absolute Gasteiger partial charge is 0.490 e. The lowest BCUT2D eigenvalue weighted by atomic mass is 10.2. The van der Waals surface area contributed by atoms with E-state index >= 15 is 0 Å². The lowest BCUT2D eigenvalue weighted by molar-refractivity contribution is 0.0935. The molecule has 3 N–H and O–H groups in total. The van der Waals surface area contributed by atoms with Crippen LogP contribution in [0.15, 0.2) is 78.9 Å². The first kappa shape index (κ1) is 25.7. The van der Waals surface area contributed by atoms with Gasteiger partial charge >= 0.3 is 0 Å². The number of hydrogen-bond acceptors (Lipinski definition) is 6. The standard InChI is InChI=1S/C26H27N3O5S/c1-32-15-14-27-24(30)20-6-5-7-21(18-20)28-26(35)29-25(31)19-10-12-23(13-11-19)34-17-16-33-22-8-3-2-4-9-22/h2-13,18H,14-17H2,1H3,(H,27,30)(H2,28,29,31,35). The number of carbonyl (C=O) groups is 2. The maximum atomic E-state index is 12.5. The summed E-state index contributed by atoms with van der Waals surface area (Å²) in [7, 11) is 1.57. The number of rotatable bonds is 11. The van der Waals surface area contributed by atoms with Gasteiger partial charge in [0.15, 0.2) is 5.11 Å². The van der Waals surface area contributed by atoms with Crippen molar-refractivity contribution >= 4 is 34.8 Å². The number of amides is 2. The van der Waals surface area contributed by atoms with Crippen molar-refractivity contribution in [3.63, 3.8) is 0 Å². The summed E-state index contributed by atoms with van der Waals surface area (Å²) in [5, 5.41) is 8.42. The van der Waals surface area contributed by atoms with Crippen molar-refractivity contribution in [2.24, 2.45) is 0 Å². The van der Waals surface area contributed by atoms with Crippen molar-refractivity contribution in [3.05, 3.63) is 90.0 Å². The number of carbonyl (C=O) groups excluding carboxylic acids is 2. The summed E-state index contributed by atoms with van der Waals surface area (Å²) >= 11 is 5.24. The van der Waals surface area contributed by atoms with E-state index in [2.05, 4.69) is 16.0 Å². The monoisotopic (exact) mass is 493 g/mol. The molecule has 0 heterocycles. The van der Waals surface area contributed by atoms with Crippen molar-refractivity contribution in [3.8, 4) is 11.5 Å². The predicted molar refractivity (Wildman–Crippen MR) is 138 cm³/mol. The minimum Gasteiger partial charge on any atom is -0.490 e. The summed E-state index contributed by atoms with van der Waals surface area (Å²) in [5.41, 5.74) is 1.47. The summed E-state index contributed by atoms with van der Waals surface area (Å²) in [6.45, 7) is 1.61. The third kappa shape index (κ3) is 8.73. The molecule has 0 aromatic heterocycles. The van der Waals surface area contributed by atoms with Crippen LogP contribution in [0.3, 0.4) is 0 Å². The first-order valence-corrected chi connectivity index (χ1v) is 11.4. The zero-order valence-electron chi connectivity index (χ0n) is 19.3. The first-order valence-electron chi connectivity index (χ1n) is 11.0. The van der Waals surface area contributed by atoms with Crippen LogP contribution in [-0.4, -0.2) is 50.4 Å². The first-order chi connectivity index (χ1) is 17.0. The quantitative estimate of drug-likeness (QED) is 0.277. The minimum atomic E-state index is -0.366. The van der Waals surface area contributed by atoms with Crippen LogP contribution < -0.4 is 25.4 Å². The van der Waals surface area contributed by atoms with Crippen LogP contribution in [0.4, 0.5) is 5.69 Å². The van der Waals surface area contributed by atoms with Gasteiger partial charge in [-0.1, -0.05) is 24.3 Å². The molecule has 0 aliphatic heterocycles. The van der Waals surface area contributed by atoms with Crippen molar-refractivity contribution in [2.75, 3.05) is 38.8 Å². The molecule has 8 nitrogen and oxygen atoms in total. The number of methoxy groups -OCH3 is 1. The lowest BCUT2D eigenvalue weighted by Gasteiger charge is -2.12. The number of thiocarbonyl (C=S) groups is 1. The normalized spacial score (nSPS) is 10.2. The molecule has 2 amide bonds. The van der Waals surface area contributed by atoms with Gasteiger partial charge < -0.3 is 24.8 Å². The molecule has 3 aromatic rings. The van der Waals surface area contributed by atoms with E-state index in [-0.39, 0.29) is 16.9 Å². The van der Waals surface area contributed by atoms with Gasteiger partial charge in [0.1, 0.15) is 24.7 Å². The molecule has 9 heteroatoms. The fourth-order valence-electron chi connectivity index (χ4n) is 2.98. The predicted octanol–water partition coefficient (Wildman–Crippen LogP) is 3.65. The fourth-order valence-corrected chi connectivity index (χ4v) is 3.19. The van der Waals surface area contributed by atoms with Crippen LogP contribution in [0.25, 0.3) is 0 Å². The highest BCUT2D eigenvalue weighted by Crippen LogP contribution is 2.14. The number of nitrogens with one attached hydrogen (secondary N) is 3. The highest BCUT2D eigenvalue weighted by atomic mass is 32.1. The van der Waals surface area contributed by atoms with Crippen LogP contribution in [0, 0.1) is 0 Å². The average Bonchev–Trinajstić information content (AvgIpc) is 2.87. The summed E-state index contributed by atoms with van der Waals surface area (Å²) in [6.07, 6.45) is 0. The van der Waals surface area contributed by atoms with E-state index in [1.165, 1.54) is 0 Å². The molecule has 0 unspecified atom stereocenters. The van der Waals surface area contributed by atoms with Gasteiger partial charge in [0, 0.05) is 30.5 Å². The van der Waals surface area contributed by atoms with Gasteiger partial charge in [-0.2, -0.15) is 0 Å². The number of ether oxygens (including phenoxy) is 3. The molecule has 0 bridgehead atoms. The molecule has 35 heavy (non-hydrogen) atoms. The van der Waals surface area contributed by atoms with Crippen LogP contribution in [0.1, 0.15) is 20.7 Å². The Bertz CT molecular complexity index is 1120. The van der Waals surface area contributed by atoms with Crippen molar-refractivity contribution in [1.82, 2.24) is 10.6 Å². The second-order valence-corrected chi connectivity index (χ2v) is 7.68. The van der Waals surface area contributed by atoms with Gasteiger partial charge in [0.25, 0.3) is 11.8 Å². The van der Waals surface area contributed by atoms with E-state index in [4.69, 9.17) is 26.4 Å². The van der Waals surface area contributed by atoms with Crippen molar-refractivity contribution < 1.29 is 23.8 Å².